The second-order valence-electron chi connectivity index (χ2n) is 8.16. The highest BCUT2D eigenvalue weighted by atomic mass is 16.7. The first-order chi connectivity index (χ1) is 12.9. The van der Waals surface area contributed by atoms with Crippen LogP contribution >= 0.6 is 0 Å². The Morgan fingerprint density at radius 2 is 1.89 bits per heavy atom. The number of ether oxygens (including phenoxy) is 2. The lowest BCUT2D eigenvalue weighted by Crippen LogP contribution is -2.62. The van der Waals surface area contributed by atoms with Gasteiger partial charge in [0, 0.05) is 6.04 Å². The van der Waals surface area contributed by atoms with Crippen molar-refractivity contribution in [2.45, 2.75) is 57.3 Å². The molecule has 0 bridgehead atoms. The summed E-state index contributed by atoms with van der Waals surface area (Å²) in [5, 5.41) is 9.95. The van der Waals surface area contributed by atoms with Crippen molar-refractivity contribution < 1.29 is 19.1 Å². The molecule has 0 aromatic heterocycles. The van der Waals surface area contributed by atoms with Crippen LogP contribution in [0.5, 0.6) is 11.5 Å². The van der Waals surface area contributed by atoms with Crippen molar-refractivity contribution in [1.82, 2.24) is 9.80 Å². The van der Waals surface area contributed by atoms with E-state index in [1.165, 1.54) is 0 Å². The van der Waals surface area contributed by atoms with Gasteiger partial charge >= 0.3 is 0 Å². The topological polar surface area (TPSA) is 82.9 Å². The molecule has 1 aromatic rings. The van der Waals surface area contributed by atoms with Crippen molar-refractivity contribution in [3.05, 3.63) is 23.8 Å². The van der Waals surface area contributed by atoms with Gasteiger partial charge in [0.2, 0.25) is 18.6 Å². The van der Waals surface area contributed by atoms with Crippen LogP contribution in [0.2, 0.25) is 0 Å². The average molecular weight is 367 g/mol. The van der Waals surface area contributed by atoms with Crippen molar-refractivity contribution in [2.24, 2.45) is 5.41 Å². The minimum atomic E-state index is -0.844. The van der Waals surface area contributed by atoms with Gasteiger partial charge in [-0.15, -0.1) is 0 Å². The van der Waals surface area contributed by atoms with Crippen molar-refractivity contribution in [2.75, 3.05) is 6.79 Å². The highest BCUT2D eigenvalue weighted by Gasteiger charge is 2.60. The van der Waals surface area contributed by atoms with E-state index in [9.17, 15) is 14.9 Å². The van der Waals surface area contributed by atoms with Gasteiger partial charge < -0.3 is 19.3 Å². The van der Waals surface area contributed by atoms with Gasteiger partial charge in [-0.05, 0) is 50.8 Å². The highest BCUT2D eigenvalue weighted by molar-refractivity contribution is 5.98. The Labute approximate surface area is 157 Å². The molecule has 1 saturated carbocycles. The quantitative estimate of drug-likeness (QED) is 0.798. The zero-order chi connectivity index (χ0) is 18.9. The van der Waals surface area contributed by atoms with Crippen LogP contribution in [0.4, 0.5) is 0 Å². The van der Waals surface area contributed by atoms with Gasteiger partial charge in [0.25, 0.3) is 0 Å². The van der Waals surface area contributed by atoms with E-state index in [1.807, 2.05) is 19.1 Å². The lowest BCUT2D eigenvalue weighted by Gasteiger charge is -2.43. The molecule has 7 nitrogen and oxygen atoms in total. The molecule has 0 radical (unpaired) electrons. The molecule has 3 fully saturated rings. The van der Waals surface area contributed by atoms with Crippen LogP contribution in [-0.4, -0.2) is 46.5 Å². The van der Waals surface area contributed by atoms with E-state index in [4.69, 9.17) is 9.47 Å². The zero-order valence-electron chi connectivity index (χ0n) is 15.3. The van der Waals surface area contributed by atoms with Gasteiger partial charge in [0.1, 0.15) is 12.1 Å². The standard InChI is InChI=1S/C20H21N3O4/c1-11-18(24)23-14(19(25)22(11)13-4-5-13)8-20(2,9-21)17(23)12-3-6-15-16(7-12)27-10-26-15/h3,6-7,11,13-14,17H,4-5,8,10H2,1-2H3/t11-,14+,17?,20-/m1/s1. The molecule has 2 saturated heterocycles. The van der Waals surface area contributed by atoms with Gasteiger partial charge in [-0.2, -0.15) is 5.26 Å². The van der Waals surface area contributed by atoms with E-state index >= 15 is 0 Å². The maximum absolute atomic E-state index is 13.3. The van der Waals surface area contributed by atoms with E-state index in [-0.39, 0.29) is 24.6 Å². The number of nitriles is 1. The molecule has 3 aliphatic heterocycles. The van der Waals surface area contributed by atoms with Crippen molar-refractivity contribution in [3.8, 4) is 17.6 Å². The summed E-state index contributed by atoms with van der Waals surface area (Å²) in [6.45, 7) is 3.80. The normalized spacial score (nSPS) is 34.6. The maximum atomic E-state index is 13.3. The lowest BCUT2D eigenvalue weighted by atomic mass is 9.79. The average Bonchev–Trinajstić information content (AvgIpc) is 3.28. The molecule has 1 aromatic carbocycles. The first kappa shape index (κ1) is 16.4. The van der Waals surface area contributed by atoms with Crippen LogP contribution in [0.15, 0.2) is 18.2 Å². The molecular weight excluding hydrogens is 346 g/mol. The number of amides is 2. The molecule has 1 unspecified atom stereocenters. The molecule has 7 heteroatoms. The summed E-state index contributed by atoms with van der Waals surface area (Å²) in [6.07, 6.45) is 2.26. The molecule has 4 atom stereocenters. The summed E-state index contributed by atoms with van der Waals surface area (Å²) in [6, 6.07) is 6.53. The predicted molar refractivity (Wildman–Crippen MR) is 93.6 cm³/mol. The van der Waals surface area contributed by atoms with Gasteiger partial charge in [0.15, 0.2) is 11.5 Å². The number of hydrogen-bond donors (Lipinski definition) is 0. The number of nitrogens with zero attached hydrogens (tertiary/aromatic N) is 3. The Morgan fingerprint density at radius 3 is 2.59 bits per heavy atom. The fourth-order valence-electron chi connectivity index (χ4n) is 4.85. The number of carbonyl (C=O) groups is 2. The van der Waals surface area contributed by atoms with Crippen molar-refractivity contribution in [1.29, 1.82) is 5.26 Å². The predicted octanol–water partition coefficient (Wildman–Crippen LogP) is 1.98. The zero-order valence-corrected chi connectivity index (χ0v) is 15.3. The van der Waals surface area contributed by atoms with E-state index in [1.54, 1.807) is 22.8 Å². The number of hydrogen-bond acceptors (Lipinski definition) is 5. The van der Waals surface area contributed by atoms with E-state index in [0.717, 1.165) is 18.4 Å². The second-order valence-corrected chi connectivity index (χ2v) is 8.16. The van der Waals surface area contributed by atoms with Crippen molar-refractivity contribution in [3.63, 3.8) is 0 Å². The molecule has 3 heterocycles. The number of piperazine rings is 1. The fraction of sp³-hybridized carbons (Fsp3) is 0.550. The molecule has 140 valence electrons. The van der Waals surface area contributed by atoms with E-state index in [2.05, 4.69) is 6.07 Å². The second kappa shape index (κ2) is 5.38. The monoisotopic (exact) mass is 367 g/mol. The number of carbonyl (C=O) groups excluding carboxylic acids is 2. The molecule has 27 heavy (non-hydrogen) atoms. The third-order valence-electron chi connectivity index (χ3n) is 6.31. The van der Waals surface area contributed by atoms with E-state index in [0.29, 0.717) is 17.9 Å². The molecule has 0 spiro atoms. The van der Waals surface area contributed by atoms with Crippen molar-refractivity contribution >= 4 is 11.8 Å². The Kier molecular flexibility index (Phi) is 3.27. The molecule has 1 aliphatic carbocycles. The third kappa shape index (κ3) is 2.19. The van der Waals surface area contributed by atoms with Gasteiger partial charge in [0.05, 0.1) is 17.5 Å². The summed E-state index contributed by atoms with van der Waals surface area (Å²) >= 11 is 0. The summed E-state index contributed by atoms with van der Waals surface area (Å²) in [5.41, 5.74) is -0.0396. The molecule has 4 aliphatic rings. The summed E-state index contributed by atoms with van der Waals surface area (Å²) in [4.78, 5) is 29.9. The fourth-order valence-corrected chi connectivity index (χ4v) is 4.85. The minimum absolute atomic E-state index is 0.0191. The Hall–Kier alpha value is -2.75. The van der Waals surface area contributed by atoms with Gasteiger partial charge in [-0.1, -0.05) is 6.07 Å². The minimum Gasteiger partial charge on any atom is -0.454 e. The van der Waals surface area contributed by atoms with Crippen LogP contribution in [-0.2, 0) is 9.59 Å². The first-order valence-corrected chi connectivity index (χ1v) is 9.40. The number of benzene rings is 1. The van der Waals surface area contributed by atoms with Crippen LogP contribution < -0.4 is 9.47 Å². The Balaban J connectivity index is 1.59. The Morgan fingerprint density at radius 1 is 1.15 bits per heavy atom. The van der Waals surface area contributed by atoms with Crippen LogP contribution in [0.3, 0.4) is 0 Å². The number of rotatable bonds is 2. The summed E-state index contributed by atoms with van der Waals surface area (Å²) in [5.74, 6) is 1.17. The lowest BCUT2D eigenvalue weighted by molar-refractivity contribution is -0.161. The molecule has 0 N–H and O–H groups in total. The molecule has 2 amide bonds. The SMILES string of the molecule is C[C@@H]1C(=O)N2C(c3ccc4c(c3)OCO4)[C@@](C)(C#N)C[C@H]2C(=O)N1C1CC1. The smallest absolute Gasteiger partial charge is 0.246 e. The van der Waals surface area contributed by atoms with Gasteiger partial charge in [-0.3, -0.25) is 9.59 Å². The van der Waals surface area contributed by atoms with Crippen LogP contribution in [0, 0.1) is 16.7 Å². The van der Waals surface area contributed by atoms with E-state index < -0.39 is 23.5 Å². The molecule has 5 rings (SSSR count). The summed E-state index contributed by atoms with van der Waals surface area (Å²) < 4.78 is 10.9. The van der Waals surface area contributed by atoms with Crippen LogP contribution in [0.25, 0.3) is 0 Å². The Bertz CT molecular complexity index is 890. The first-order valence-electron chi connectivity index (χ1n) is 9.40. The third-order valence-corrected chi connectivity index (χ3v) is 6.31. The highest BCUT2D eigenvalue weighted by Crippen LogP contribution is 2.53. The number of fused-ring (bicyclic) bond motifs is 2. The largest absolute Gasteiger partial charge is 0.454 e. The van der Waals surface area contributed by atoms with Crippen LogP contribution in [0.1, 0.15) is 44.7 Å². The summed E-state index contributed by atoms with van der Waals surface area (Å²) in [7, 11) is 0. The molecular formula is C20H21N3O4. The maximum Gasteiger partial charge on any atom is 0.246 e. The van der Waals surface area contributed by atoms with Gasteiger partial charge in [-0.25, -0.2) is 0 Å².